The zero-order valence-corrected chi connectivity index (χ0v) is 16.6. The van der Waals surface area contributed by atoms with E-state index in [0.717, 1.165) is 29.2 Å². The van der Waals surface area contributed by atoms with Gasteiger partial charge in [0.1, 0.15) is 17.1 Å². The molecule has 1 aliphatic heterocycles. The molecule has 0 unspecified atom stereocenters. The highest BCUT2D eigenvalue weighted by molar-refractivity contribution is 7.80. The van der Waals surface area contributed by atoms with Crippen LogP contribution in [0.2, 0.25) is 0 Å². The van der Waals surface area contributed by atoms with Crippen molar-refractivity contribution in [3.05, 3.63) is 53.6 Å². The van der Waals surface area contributed by atoms with Crippen molar-refractivity contribution in [1.82, 2.24) is 5.32 Å². The lowest BCUT2D eigenvalue weighted by molar-refractivity contribution is 0.0696. The van der Waals surface area contributed by atoms with Gasteiger partial charge in [-0.1, -0.05) is 29.8 Å². The Hall–Kier alpha value is -2.27. The summed E-state index contributed by atoms with van der Waals surface area (Å²) in [7, 11) is 0. The van der Waals surface area contributed by atoms with E-state index in [4.69, 9.17) is 21.7 Å². The molecule has 2 aromatic carbocycles. The standard InChI is InChI=1S/C21H26N2O2S/c1-5-24-19-9-7-6-8-16(19)22-20(26)23-17-13-21(3,4)25-18-11-10-14(2)12-15(17)18/h6-12,17H,5,13H2,1-4H3,(H2,22,23,26)/t17-/m0/s1. The van der Waals surface area contributed by atoms with Gasteiger partial charge in [-0.25, -0.2) is 0 Å². The van der Waals surface area contributed by atoms with E-state index in [0.29, 0.717) is 11.7 Å². The van der Waals surface area contributed by atoms with Gasteiger partial charge in [0, 0.05) is 12.0 Å². The fourth-order valence-corrected chi connectivity index (χ4v) is 3.52. The van der Waals surface area contributed by atoms with Gasteiger partial charge in [0.25, 0.3) is 0 Å². The van der Waals surface area contributed by atoms with Crippen LogP contribution >= 0.6 is 12.2 Å². The van der Waals surface area contributed by atoms with Gasteiger partial charge >= 0.3 is 0 Å². The van der Waals surface area contributed by atoms with E-state index in [1.807, 2.05) is 37.3 Å². The van der Waals surface area contributed by atoms with Crippen molar-refractivity contribution in [3.8, 4) is 11.5 Å². The molecular weight excluding hydrogens is 344 g/mol. The van der Waals surface area contributed by atoms with Gasteiger partial charge in [-0.3, -0.25) is 0 Å². The second-order valence-corrected chi connectivity index (χ2v) is 7.60. The lowest BCUT2D eigenvalue weighted by Gasteiger charge is -2.38. The Morgan fingerprint density at radius 3 is 2.81 bits per heavy atom. The molecule has 5 heteroatoms. The first-order chi connectivity index (χ1) is 12.4. The summed E-state index contributed by atoms with van der Waals surface area (Å²) in [6.07, 6.45) is 0.832. The Bertz CT molecular complexity index is 804. The number of rotatable bonds is 4. The molecule has 0 spiro atoms. The number of ether oxygens (including phenoxy) is 2. The van der Waals surface area contributed by atoms with Crippen LogP contribution in [0.1, 0.15) is 44.4 Å². The van der Waals surface area contributed by atoms with E-state index in [9.17, 15) is 0 Å². The van der Waals surface area contributed by atoms with Crippen LogP contribution in [0.4, 0.5) is 5.69 Å². The highest BCUT2D eigenvalue weighted by Gasteiger charge is 2.34. The second kappa shape index (κ2) is 7.54. The van der Waals surface area contributed by atoms with Gasteiger partial charge in [-0.15, -0.1) is 0 Å². The predicted molar refractivity (Wildman–Crippen MR) is 110 cm³/mol. The molecule has 0 saturated carbocycles. The molecule has 0 saturated heterocycles. The van der Waals surface area contributed by atoms with Crippen molar-refractivity contribution < 1.29 is 9.47 Å². The summed E-state index contributed by atoms with van der Waals surface area (Å²) in [4.78, 5) is 0. The molecule has 1 atom stereocenters. The van der Waals surface area contributed by atoms with Crippen LogP contribution in [-0.4, -0.2) is 17.3 Å². The van der Waals surface area contributed by atoms with E-state index in [1.54, 1.807) is 0 Å². The molecule has 2 N–H and O–H groups in total. The Kier molecular flexibility index (Phi) is 5.37. The molecule has 0 aromatic heterocycles. The quantitative estimate of drug-likeness (QED) is 0.743. The summed E-state index contributed by atoms with van der Waals surface area (Å²) in [6, 6.07) is 14.2. The van der Waals surface area contributed by atoms with E-state index < -0.39 is 0 Å². The molecule has 3 rings (SSSR count). The fraction of sp³-hybridized carbons (Fsp3) is 0.381. The SMILES string of the molecule is CCOc1ccccc1NC(=S)N[C@H]1CC(C)(C)Oc2ccc(C)cc21. The average Bonchev–Trinajstić information content (AvgIpc) is 2.57. The number of anilines is 1. The fourth-order valence-electron chi connectivity index (χ4n) is 3.27. The largest absolute Gasteiger partial charge is 0.492 e. The van der Waals surface area contributed by atoms with Gasteiger partial charge in [0.05, 0.1) is 18.3 Å². The molecule has 4 nitrogen and oxygen atoms in total. The molecule has 0 fully saturated rings. The predicted octanol–water partition coefficient (Wildman–Crippen LogP) is 4.98. The van der Waals surface area contributed by atoms with E-state index in [1.165, 1.54) is 5.56 Å². The van der Waals surface area contributed by atoms with Crippen molar-refractivity contribution >= 4 is 23.0 Å². The van der Waals surface area contributed by atoms with Crippen LogP contribution in [0.3, 0.4) is 0 Å². The first kappa shape index (κ1) is 18.5. The minimum Gasteiger partial charge on any atom is -0.492 e. The van der Waals surface area contributed by atoms with Crippen molar-refractivity contribution in [2.45, 2.75) is 45.8 Å². The molecule has 138 valence electrons. The number of aryl methyl sites for hydroxylation is 1. The summed E-state index contributed by atoms with van der Waals surface area (Å²) < 4.78 is 11.8. The summed E-state index contributed by atoms with van der Waals surface area (Å²) in [5.41, 5.74) is 2.97. The highest BCUT2D eigenvalue weighted by Crippen LogP contribution is 2.40. The van der Waals surface area contributed by atoms with Crippen molar-refractivity contribution in [2.24, 2.45) is 0 Å². The second-order valence-electron chi connectivity index (χ2n) is 7.19. The minimum atomic E-state index is -0.251. The third-order valence-electron chi connectivity index (χ3n) is 4.36. The first-order valence-corrected chi connectivity index (χ1v) is 9.38. The number of nitrogens with one attached hydrogen (secondary N) is 2. The molecule has 1 heterocycles. The molecule has 0 radical (unpaired) electrons. The molecule has 2 aromatic rings. The van der Waals surface area contributed by atoms with Crippen LogP contribution in [0.25, 0.3) is 0 Å². The lowest BCUT2D eigenvalue weighted by Crippen LogP contribution is -2.42. The summed E-state index contributed by atoms with van der Waals surface area (Å²) in [5.74, 6) is 1.71. The zero-order chi connectivity index (χ0) is 18.7. The van der Waals surface area contributed by atoms with Gasteiger partial charge < -0.3 is 20.1 Å². The van der Waals surface area contributed by atoms with Crippen molar-refractivity contribution in [1.29, 1.82) is 0 Å². The summed E-state index contributed by atoms with van der Waals surface area (Å²) in [6.45, 7) is 8.87. The average molecular weight is 371 g/mol. The number of thiocarbonyl (C=S) groups is 1. The van der Waals surface area contributed by atoms with Crippen molar-refractivity contribution in [3.63, 3.8) is 0 Å². The third-order valence-corrected chi connectivity index (χ3v) is 4.58. The summed E-state index contributed by atoms with van der Waals surface area (Å²) in [5, 5.41) is 7.31. The maximum Gasteiger partial charge on any atom is 0.171 e. The number of hydrogen-bond acceptors (Lipinski definition) is 3. The van der Waals surface area contributed by atoms with Crippen molar-refractivity contribution in [2.75, 3.05) is 11.9 Å². The smallest absolute Gasteiger partial charge is 0.171 e. The van der Waals surface area contributed by atoms with Crippen LogP contribution in [-0.2, 0) is 0 Å². The van der Waals surface area contributed by atoms with E-state index >= 15 is 0 Å². The Balaban J connectivity index is 1.78. The Morgan fingerprint density at radius 1 is 1.27 bits per heavy atom. The Labute approximate surface area is 160 Å². The van der Waals surface area contributed by atoms with Gasteiger partial charge in [-0.05, 0) is 58.1 Å². The van der Waals surface area contributed by atoms with Crippen LogP contribution < -0.4 is 20.1 Å². The first-order valence-electron chi connectivity index (χ1n) is 8.97. The Morgan fingerprint density at radius 2 is 2.04 bits per heavy atom. The molecule has 0 aliphatic carbocycles. The van der Waals surface area contributed by atoms with Crippen LogP contribution in [0.5, 0.6) is 11.5 Å². The maximum absolute atomic E-state index is 6.13. The van der Waals surface area contributed by atoms with E-state index in [2.05, 4.69) is 43.5 Å². The normalized spacial score (nSPS) is 17.6. The van der Waals surface area contributed by atoms with Gasteiger partial charge in [0.2, 0.25) is 0 Å². The van der Waals surface area contributed by atoms with Crippen LogP contribution in [0, 0.1) is 6.92 Å². The maximum atomic E-state index is 6.13. The number of para-hydroxylation sites is 2. The monoisotopic (exact) mass is 370 g/mol. The van der Waals surface area contributed by atoms with Crippen LogP contribution in [0.15, 0.2) is 42.5 Å². The number of benzene rings is 2. The molecular formula is C21H26N2O2S. The number of fused-ring (bicyclic) bond motifs is 1. The molecule has 1 aliphatic rings. The third kappa shape index (κ3) is 4.28. The van der Waals surface area contributed by atoms with E-state index in [-0.39, 0.29) is 11.6 Å². The number of hydrogen-bond donors (Lipinski definition) is 2. The lowest BCUT2D eigenvalue weighted by atomic mass is 9.89. The van der Waals surface area contributed by atoms with Gasteiger partial charge in [-0.2, -0.15) is 0 Å². The molecule has 26 heavy (non-hydrogen) atoms. The molecule has 0 bridgehead atoms. The topological polar surface area (TPSA) is 42.5 Å². The molecule has 0 amide bonds. The summed E-state index contributed by atoms with van der Waals surface area (Å²) >= 11 is 5.58. The zero-order valence-electron chi connectivity index (χ0n) is 15.8. The minimum absolute atomic E-state index is 0.0907. The van der Waals surface area contributed by atoms with Gasteiger partial charge in [0.15, 0.2) is 5.11 Å². The highest BCUT2D eigenvalue weighted by atomic mass is 32.1.